The molecule has 2 rings (SSSR count). The first kappa shape index (κ1) is 13.4. The fourth-order valence-electron chi connectivity index (χ4n) is 2.34. The van der Waals surface area contributed by atoms with Crippen LogP contribution in [-0.2, 0) is 4.74 Å². The molecule has 0 aliphatic carbocycles. The van der Waals surface area contributed by atoms with E-state index in [0.29, 0.717) is 18.9 Å². The molecule has 1 unspecified atom stereocenters. The Morgan fingerprint density at radius 3 is 2.89 bits per heavy atom. The first-order valence-electron chi connectivity index (χ1n) is 6.71. The van der Waals surface area contributed by atoms with Crippen molar-refractivity contribution in [3.05, 3.63) is 29.8 Å². The highest BCUT2D eigenvalue weighted by atomic mass is 16.5. The van der Waals surface area contributed by atoms with Crippen LogP contribution in [-0.4, -0.2) is 31.0 Å². The summed E-state index contributed by atoms with van der Waals surface area (Å²) in [6.45, 7) is 4.17. The molecule has 1 heterocycles. The van der Waals surface area contributed by atoms with Gasteiger partial charge in [-0.1, -0.05) is 12.1 Å². The van der Waals surface area contributed by atoms with Crippen molar-refractivity contribution in [1.29, 1.82) is 0 Å². The summed E-state index contributed by atoms with van der Waals surface area (Å²) in [6.07, 6.45) is 2.36. The number of aliphatic hydroxyl groups is 1. The molecule has 0 amide bonds. The van der Waals surface area contributed by atoms with E-state index in [-0.39, 0.29) is 6.10 Å². The van der Waals surface area contributed by atoms with Crippen molar-refractivity contribution >= 4 is 0 Å². The molecule has 0 radical (unpaired) electrons. The number of hydrogen-bond donors (Lipinski definition) is 1. The monoisotopic (exact) mass is 250 g/mol. The van der Waals surface area contributed by atoms with Crippen LogP contribution in [0.15, 0.2) is 24.3 Å². The van der Waals surface area contributed by atoms with Gasteiger partial charge in [0, 0.05) is 19.6 Å². The Kier molecular flexibility index (Phi) is 5.02. The summed E-state index contributed by atoms with van der Waals surface area (Å²) >= 11 is 0. The minimum absolute atomic E-state index is 0.265. The number of rotatable bonds is 5. The smallest absolute Gasteiger partial charge is 0.119 e. The van der Waals surface area contributed by atoms with Crippen molar-refractivity contribution in [3.63, 3.8) is 0 Å². The van der Waals surface area contributed by atoms with Crippen molar-refractivity contribution in [2.24, 2.45) is 5.92 Å². The third kappa shape index (κ3) is 4.00. The summed E-state index contributed by atoms with van der Waals surface area (Å²) in [7, 11) is 0. The number of hydrogen-bond acceptors (Lipinski definition) is 3. The van der Waals surface area contributed by atoms with Gasteiger partial charge >= 0.3 is 0 Å². The predicted molar refractivity (Wildman–Crippen MR) is 70.8 cm³/mol. The highest BCUT2D eigenvalue weighted by Crippen LogP contribution is 2.21. The SMILES string of the molecule is Cc1cccc(OCCC(O)C2CCOCC2)c1. The zero-order valence-corrected chi connectivity index (χ0v) is 11.0. The molecular weight excluding hydrogens is 228 g/mol. The molecule has 1 atom stereocenters. The lowest BCUT2D eigenvalue weighted by molar-refractivity contribution is 0.000420. The lowest BCUT2D eigenvalue weighted by Crippen LogP contribution is -2.28. The number of aryl methyl sites for hydroxylation is 1. The molecule has 1 aliphatic rings. The topological polar surface area (TPSA) is 38.7 Å². The van der Waals surface area contributed by atoms with Crippen molar-refractivity contribution in [2.45, 2.75) is 32.3 Å². The maximum Gasteiger partial charge on any atom is 0.119 e. The van der Waals surface area contributed by atoms with Crippen LogP contribution in [0.3, 0.4) is 0 Å². The Bertz CT molecular complexity index is 359. The second-order valence-corrected chi connectivity index (χ2v) is 4.97. The van der Waals surface area contributed by atoms with Crippen molar-refractivity contribution in [3.8, 4) is 5.75 Å². The first-order valence-corrected chi connectivity index (χ1v) is 6.71. The van der Waals surface area contributed by atoms with Crippen molar-refractivity contribution in [2.75, 3.05) is 19.8 Å². The molecular formula is C15H22O3. The number of aliphatic hydroxyl groups excluding tert-OH is 1. The lowest BCUT2D eigenvalue weighted by atomic mass is 9.92. The van der Waals surface area contributed by atoms with Crippen LogP contribution in [0.1, 0.15) is 24.8 Å². The van der Waals surface area contributed by atoms with E-state index in [1.807, 2.05) is 31.2 Å². The maximum atomic E-state index is 10.1. The Labute approximate surface area is 109 Å². The molecule has 3 heteroatoms. The fourth-order valence-corrected chi connectivity index (χ4v) is 2.34. The summed E-state index contributed by atoms with van der Waals surface area (Å²) < 4.78 is 11.0. The van der Waals surface area contributed by atoms with Gasteiger partial charge in [-0.25, -0.2) is 0 Å². The molecule has 1 aromatic carbocycles. The lowest BCUT2D eigenvalue weighted by Gasteiger charge is -2.26. The molecule has 0 bridgehead atoms. The van der Waals surface area contributed by atoms with Gasteiger partial charge in [0.15, 0.2) is 0 Å². The normalized spacial score (nSPS) is 18.6. The Morgan fingerprint density at radius 1 is 1.39 bits per heavy atom. The molecule has 18 heavy (non-hydrogen) atoms. The van der Waals surface area contributed by atoms with Crippen LogP contribution in [0.25, 0.3) is 0 Å². The van der Waals surface area contributed by atoms with E-state index in [9.17, 15) is 5.11 Å². The summed E-state index contributed by atoms with van der Waals surface area (Å²) in [5.41, 5.74) is 1.19. The van der Waals surface area contributed by atoms with Crippen molar-refractivity contribution < 1.29 is 14.6 Å². The summed E-state index contributed by atoms with van der Waals surface area (Å²) in [4.78, 5) is 0. The predicted octanol–water partition coefficient (Wildman–Crippen LogP) is 2.55. The van der Waals surface area contributed by atoms with E-state index >= 15 is 0 Å². The van der Waals surface area contributed by atoms with E-state index < -0.39 is 0 Å². The largest absolute Gasteiger partial charge is 0.493 e. The highest BCUT2D eigenvalue weighted by Gasteiger charge is 2.21. The van der Waals surface area contributed by atoms with Crippen molar-refractivity contribution in [1.82, 2.24) is 0 Å². The van der Waals surface area contributed by atoms with Gasteiger partial charge in [0.05, 0.1) is 12.7 Å². The molecule has 3 nitrogen and oxygen atoms in total. The van der Waals surface area contributed by atoms with Gasteiger partial charge in [-0.2, -0.15) is 0 Å². The van der Waals surface area contributed by atoms with Gasteiger partial charge in [-0.3, -0.25) is 0 Å². The van der Waals surface area contributed by atoms with Crippen LogP contribution >= 0.6 is 0 Å². The molecule has 1 aliphatic heterocycles. The Hall–Kier alpha value is -1.06. The van der Waals surface area contributed by atoms with Gasteiger partial charge in [0.1, 0.15) is 5.75 Å². The molecule has 100 valence electrons. The van der Waals surface area contributed by atoms with Crippen LogP contribution < -0.4 is 4.74 Å². The van der Waals surface area contributed by atoms with Gasteiger partial charge in [0.25, 0.3) is 0 Å². The fraction of sp³-hybridized carbons (Fsp3) is 0.600. The second-order valence-electron chi connectivity index (χ2n) is 4.97. The van der Waals surface area contributed by atoms with E-state index in [0.717, 1.165) is 31.8 Å². The maximum absolute atomic E-state index is 10.1. The van der Waals surface area contributed by atoms with Crippen LogP contribution in [0, 0.1) is 12.8 Å². The standard InChI is InChI=1S/C15H22O3/c1-12-3-2-4-14(11-12)18-10-7-15(16)13-5-8-17-9-6-13/h2-4,11,13,15-16H,5-10H2,1H3. The van der Waals surface area contributed by atoms with Crippen LogP contribution in [0.4, 0.5) is 0 Å². The van der Waals surface area contributed by atoms with Gasteiger partial charge < -0.3 is 14.6 Å². The van der Waals surface area contributed by atoms with Crippen LogP contribution in [0.5, 0.6) is 5.75 Å². The average molecular weight is 250 g/mol. The van der Waals surface area contributed by atoms with Gasteiger partial charge in [0.2, 0.25) is 0 Å². The Balaban J connectivity index is 1.71. The number of ether oxygens (including phenoxy) is 2. The van der Waals surface area contributed by atoms with E-state index in [2.05, 4.69) is 0 Å². The summed E-state index contributed by atoms with van der Waals surface area (Å²) in [5.74, 6) is 1.26. The second kappa shape index (κ2) is 6.76. The Morgan fingerprint density at radius 2 is 2.17 bits per heavy atom. The third-order valence-corrected chi connectivity index (χ3v) is 3.48. The summed E-state index contributed by atoms with van der Waals surface area (Å²) in [6, 6.07) is 8.00. The number of benzene rings is 1. The third-order valence-electron chi connectivity index (χ3n) is 3.48. The van der Waals surface area contributed by atoms with Crippen LogP contribution in [0.2, 0.25) is 0 Å². The van der Waals surface area contributed by atoms with E-state index in [4.69, 9.17) is 9.47 Å². The molecule has 1 N–H and O–H groups in total. The zero-order valence-electron chi connectivity index (χ0n) is 11.0. The molecule has 1 saturated heterocycles. The first-order chi connectivity index (χ1) is 8.75. The quantitative estimate of drug-likeness (QED) is 0.873. The molecule has 1 fully saturated rings. The molecule has 0 saturated carbocycles. The summed E-state index contributed by atoms with van der Waals surface area (Å²) in [5, 5.41) is 10.1. The molecule has 1 aromatic rings. The molecule has 0 spiro atoms. The zero-order chi connectivity index (χ0) is 12.8. The van der Waals surface area contributed by atoms with Gasteiger partial charge in [-0.15, -0.1) is 0 Å². The minimum Gasteiger partial charge on any atom is -0.493 e. The average Bonchev–Trinajstić information content (AvgIpc) is 2.40. The highest BCUT2D eigenvalue weighted by molar-refractivity contribution is 5.27. The minimum atomic E-state index is -0.265. The van der Waals surface area contributed by atoms with E-state index in [1.165, 1.54) is 5.56 Å². The molecule has 0 aromatic heterocycles. The van der Waals surface area contributed by atoms with E-state index in [1.54, 1.807) is 0 Å². The van der Waals surface area contributed by atoms with Gasteiger partial charge in [-0.05, 0) is 43.4 Å².